The van der Waals surface area contributed by atoms with Crippen LogP contribution in [0.2, 0.25) is 0 Å². The van der Waals surface area contributed by atoms with Gasteiger partial charge in [-0.25, -0.2) is 11.1 Å². The van der Waals surface area contributed by atoms with E-state index in [9.17, 15) is 0 Å². The summed E-state index contributed by atoms with van der Waals surface area (Å²) in [5.41, 5.74) is 7.15. The van der Waals surface area contributed by atoms with Crippen LogP contribution in [0.1, 0.15) is 11.1 Å². The van der Waals surface area contributed by atoms with Crippen molar-refractivity contribution in [3.05, 3.63) is 83.9 Å². The Morgan fingerprint density at radius 2 is 1.52 bits per heavy atom. The topological polar surface area (TPSA) is 0 Å². The van der Waals surface area contributed by atoms with Crippen molar-refractivity contribution in [1.82, 2.24) is 0 Å². The predicted molar refractivity (Wildman–Crippen MR) is 84.5 cm³/mol. The van der Waals surface area contributed by atoms with E-state index in [1.165, 1.54) is 22.3 Å². The molecule has 0 aromatic heterocycles. The molecule has 102 valence electrons. The largest absolute Gasteiger partial charge is 2.00 e. The SMILES string of the molecule is Cc1ccc(-c2ccc[c-]c2-c2[c-]ccc(C)c2)cc1.[W+2]. The fraction of sp³-hybridized carbons (Fsp3) is 0.100. The Bertz CT molecular complexity index is 727. The van der Waals surface area contributed by atoms with Crippen molar-refractivity contribution in [2.45, 2.75) is 13.8 Å². The molecule has 0 bridgehead atoms. The van der Waals surface area contributed by atoms with Gasteiger partial charge in [0.25, 0.3) is 0 Å². The molecular weight excluding hydrogens is 424 g/mol. The van der Waals surface area contributed by atoms with Gasteiger partial charge in [0, 0.05) is 0 Å². The second-order valence-corrected chi connectivity index (χ2v) is 5.10. The number of rotatable bonds is 2. The second kappa shape index (κ2) is 6.87. The quantitative estimate of drug-likeness (QED) is 0.479. The van der Waals surface area contributed by atoms with Gasteiger partial charge >= 0.3 is 21.1 Å². The zero-order valence-electron chi connectivity index (χ0n) is 12.2. The third kappa shape index (κ3) is 3.52. The molecule has 0 radical (unpaired) electrons. The van der Waals surface area contributed by atoms with E-state index in [1.807, 2.05) is 18.2 Å². The van der Waals surface area contributed by atoms with E-state index in [0.29, 0.717) is 0 Å². The molecule has 0 saturated heterocycles. The van der Waals surface area contributed by atoms with Gasteiger partial charge in [-0.3, -0.25) is 0 Å². The molecule has 0 N–H and O–H groups in total. The summed E-state index contributed by atoms with van der Waals surface area (Å²) in [6, 6.07) is 27.6. The van der Waals surface area contributed by atoms with Gasteiger partial charge in [0.15, 0.2) is 0 Å². The number of hydrogen-bond acceptors (Lipinski definition) is 0. The summed E-state index contributed by atoms with van der Waals surface area (Å²) in [5, 5.41) is 0. The first-order chi connectivity index (χ1) is 9.74. The average Bonchev–Trinajstić information content (AvgIpc) is 2.48. The summed E-state index contributed by atoms with van der Waals surface area (Å²) < 4.78 is 0. The molecule has 0 fully saturated rings. The smallest absolute Gasteiger partial charge is 0.225 e. The molecule has 0 amide bonds. The summed E-state index contributed by atoms with van der Waals surface area (Å²) >= 11 is 0. The van der Waals surface area contributed by atoms with Crippen LogP contribution in [0.25, 0.3) is 22.3 Å². The summed E-state index contributed by atoms with van der Waals surface area (Å²) in [4.78, 5) is 0. The predicted octanol–water partition coefficient (Wildman–Crippen LogP) is 5.24. The Labute approximate surface area is 141 Å². The van der Waals surface area contributed by atoms with Crippen LogP contribution < -0.4 is 0 Å². The number of hydrogen-bond donors (Lipinski definition) is 0. The molecule has 0 aliphatic rings. The molecule has 0 aliphatic carbocycles. The van der Waals surface area contributed by atoms with E-state index in [0.717, 1.165) is 11.1 Å². The van der Waals surface area contributed by atoms with Crippen LogP contribution in [0, 0.1) is 26.0 Å². The Balaban J connectivity index is 0.00000161. The first kappa shape index (κ1) is 15.7. The zero-order chi connectivity index (χ0) is 13.9. The Kier molecular flexibility index (Phi) is 5.15. The molecule has 1 heteroatoms. The molecule has 0 heterocycles. The monoisotopic (exact) mass is 440 g/mol. The van der Waals surface area contributed by atoms with Crippen LogP contribution in [0.4, 0.5) is 0 Å². The van der Waals surface area contributed by atoms with Crippen molar-refractivity contribution in [1.29, 1.82) is 0 Å². The fourth-order valence-electron chi connectivity index (χ4n) is 2.36. The third-order valence-electron chi connectivity index (χ3n) is 3.45. The van der Waals surface area contributed by atoms with Crippen LogP contribution in [-0.2, 0) is 21.1 Å². The molecule has 0 aliphatic heterocycles. The van der Waals surface area contributed by atoms with Gasteiger partial charge in [-0.2, -0.15) is 30.3 Å². The van der Waals surface area contributed by atoms with Crippen molar-refractivity contribution in [2.75, 3.05) is 0 Å². The minimum atomic E-state index is 0. The van der Waals surface area contributed by atoms with Gasteiger partial charge in [-0.15, -0.1) is 29.3 Å². The van der Waals surface area contributed by atoms with Gasteiger partial charge in [0.05, 0.1) is 0 Å². The standard InChI is InChI=1S/C20H16.W/c1-15-10-12-17(13-11-15)19-8-3-4-9-20(19)18-7-5-6-16(2)14-18;/h3-6,8,10-14H,1-2H3;/q-2;+2. The fourth-order valence-corrected chi connectivity index (χ4v) is 2.36. The molecule has 0 atom stereocenters. The van der Waals surface area contributed by atoms with E-state index < -0.39 is 0 Å². The van der Waals surface area contributed by atoms with Gasteiger partial charge in [0.1, 0.15) is 0 Å². The molecule has 3 rings (SSSR count). The zero-order valence-corrected chi connectivity index (χ0v) is 15.1. The number of aryl methyl sites for hydroxylation is 2. The van der Waals surface area contributed by atoms with Crippen molar-refractivity contribution in [3.8, 4) is 22.3 Å². The minimum absolute atomic E-state index is 0. The van der Waals surface area contributed by atoms with E-state index in [-0.39, 0.29) is 21.1 Å². The normalized spacial score (nSPS) is 10.0. The van der Waals surface area contributed by atoms with Gasteiger partial charge in [-0.05, 0) is 6.92 Å². The Morgan fingerprint density at radius 1 is 0.762 bits per heavy atom. The van der Waals surface area contributed by atoms with Gasteiger partial charge < -0.3 is 0 Å². The molecule has 0 unspecified atom stereocenters. The maximum Gasteiger partial charge on any atom is 2.00 e. The Morgan fingerprint density at radius 3 is 2.24 bits per heavy atom. The first-order valence-corrected chi connectivity index (χ1v) is 6.80. The maximum absolute atomic E-state index is 3.36. The molecule has 0 spiro atoms. The van der Waals surface area contributed by atoms with Gasteiger partial charge in [-0.1, -0.05) is 42.3 Å². The molecule has 0 saturated carbocycles. The summed E-state index contributed by atoms with van der Waals surface area (Å²) in [5.74, 6) is 0. The van der Waals surface area contributed by atoms with Crippen molar-refractivity contribution in [2.24, 2.45) is 0 Å². The van der Waals surface area contributed by atoms with E-state index >= 15 is 0 Å². The molecule has 3 aromatic carbocycles. The van der Waals surface area contributed by atoms with Crippen LogP contribution in [0.5, 0.6) is 0 Å². The molecule has 21 heavy (non-hydrogen) atoms. The maximum atomic E-state index is 3.36. The van der Waals surface area contributed by atoms with E-state index in [2.05, 4.69) is 68.4 Å². The average molecular weight is 440 g/mol. The molecule has 0 nitrogen and oxygen atoms in total. The number of benzene rings is 3. The second-order valence-electron chi connectivity index (χ2n) is 5.10. The minimum Gasteiger partial charge on any atom is -0.225 e. The van der Waals surface area contributed by atoms with Crippen LogP contribution in [-0.4, -0.2) is 0 Å². The summed E-state index contributed by atoms with van der Waals surface area (Å²) in [6.07, 6.45) is 0. The van der Waals surface area contributed by atoms with Gasteiger partial charge in [0.2, 0.25) is 0 Å². The first-order valence-electron chi connectivity index (χ1n) is 6.80. The van der Waals surface area contributed by atoms with Crippen molar-refractivity contribution in [3.63, 3.8) is 0 Å². The molecular formula is C20H16W. The van der Waals surface area contributed by atoms with Crippen LogP contribution >= 0.6 is 0 Å². The summed E-state index contributed by atoms with van der Waals surface area (Å²) in [6.45, 7) is 4.21. The third-order valence-corrected chi connectivity index (χ3v) is 3.45. The molecule has 3 aromatic rings. The van der Waals surface area contributed by atoms with Crippen molar-refractivity contribution < 1.29 is 21.1 Å². The van der Waals surface area contributed by atoms with Crippen LogP contribution in [0.3, 0.4) is 0 Å². The van der Waals surface area contributed by atoms with Crippen molar-refractivity contribution >= 4 is 0 Å². The van der Waals surface area contributed by atoms with E-state index in [1.54, 1.807) is 0 Å². The van der Waals surface area contributed by atoms with Crippen LogP contribution in [0.15, 0.2) is 60.7 Å². The van der Waals surface area contributed by atoms with E-state index in [4.69, 9.17) is 0 Å². The summed E-state index contributed by atoms with van der Waals surface area (Å²) in [7, 11) is 0. The Hall–Kier alpha value is -1.65.